The lowest BCUT2D eigenvalue weighted by molar-refractivity contribution is 0.263. The average Bonchev–Trinajstić information content (AvgIpc) is 2.43. The smallest absolute Gasteiger partial charge is 0.118 e. The lowest BCUT2D eigenvalue weighted by atomic mass is 9.75. The van der Waals surface area contributed by atoms with E-state index in [4.69, 9.17) is 4.74 Å². The second kappa shape index (κ2) is 7.68. The Morgan fingerprint density at radius 2 is 1.90 bits per heavy atom. The topological polar surface area (TPSA) is 21.3 Å². The first kappa shape index (κ1) is 15.4. The van der Waals surface area contributed by atoms with Crippen LogP contribution < -0.4 is 10.1 Å². The Morgan fingerprint density at radius 1 is 1.20 bits per heavy atom. The summed E-state index contributed by atoms with van der Waals surface area (Å²) in [4.78, 5) is 0. The van der Waals surface area contributed by atoms with Crippen LogP contribution in [0.1, 0.15) is 63.9 Å². The van der Waals surface area contributed by atoms with Crippen molar-refractivity contribution in [2.75, 3.05) is 7.11 Å². The maximum atomic E-state index is 5.21. The van der Waals surface area contributed by atoms with E-state index in [9.17, 15) is 0 Å². The van der Waals surface area contributed by atoms with Crippen molar-refractivity contribution in [1.29, 1.82) is 0 Å². The predicted molar refractivity (Wildman–Crippen MR) is 85.5 cm³/mol. The van der Waals surface area contributed by atoms with Crippen LogP contribution in [-0.2, 0) is 0 Å². The van der Waals surface area contributed by atoms with Crippen molar-refractivity contribution in [3.05, 3.63) is 29.8 Å². The van der Waals surface area contributed by atoms with Gasteiger partial charge in [0.1, 0.15) is 5.75 Å². The largest absolute Gasteiger partial charge is 0.497 e. The third kappa shape index (κ3) is 4.24. The summed E-state index contributed by atoms with van der Waals surface area (Å²) in [7, 11) is 1.72. The van der Waals surface area contributed by atoms with E-state index in [1.807, 2.05) is 0 Å². The molecule has 0 amide bonds. The first-order valence-corrected chi connectivity index (χ1v) is 8.13. The molecule has 0 aliphatic heterocycles. The van der Waals surface area contributed by atoms with Crippen LogP contribution in [0.2, 0.25) is 0 Å². The molecule has 1 N–H and O–H groups in total. The summed E-state index contributed by atoms with van der Waals surface area (Å²) >= 11 is 0. The minimum absolute atomic E-state index is 0.670. The summed E-state index contributed by atoms with van der Waals surface area (Å²) in [6, 6.07) is 9.96. The van der Waals surface area contributed by atoms with Gasteiger partial charge in [0.25, 0.3) is 0 Å². The minimum Gasteiger partial charge on any atom is -0.497 e. The van der Waals surface area contributed by atoms with Crippen molar-refractivity contribution >= 4 is 0 Å². The van der Waals surface area contributed by atoms with Gasteiger partial charge in [0.05, 0.1) is 7.11 Å². The highest BCUT2D eigenvalue weighted by molar-refractivity contribution is 5.30. The van der Waals surface area contributed by atoms with Gasteiger partial charge in [-0.15, -0.1) is 0 Å². The maximum absolute atomic E-state index is 5.21. The van der Waals surface area contributed by atoms with Crippen LogP contribution in [-0.4, -0.2) is 19.2 Å². The average molecular weight is 275 g/mol. The fraction of sp³-hybridized carbons (Fsp3) is 0.667. The summed E-state index contributed by atoms with van der Waals surface area (Å²) < 4.78 is 5.21. The molecular weight excluding hydrogens is 246 g/mol. The first-order valence-electron chi connectivity index (χ1n) is 8.13. The van der Waals surface area contributed by atoms with Crippen LogP contribution in [0.5, 0.6) is 5.75 Å². The molecule has 0 aromatic heterocycles. The van der Waals surface area contributed by atoms with Crippen molar-refractivity contribution in [2.24, 2.45) is 0 Å². The molecule has 0 heterocycles. The Kier molecular flexibility index (Phi) is 5.90. The number of benzene rings is 1. The number of unbranched alkanes of at least 4 members (excludes halogenated alkanes) is 2. The zero-order chi connectivity index (χ0) is 14.4. The number of rotatable bonds is 8. The molecule has 2 nitrogen and oxygen atoms in total. The number of hydrogen-bond acceptors (Lipinski definition) is 2. The molecule has 0 bridgehead atoms. The SMILES string of the molecule is CCCCCC(C)NC1CC(c2ccc(OC)cc2)C1. The molecule has 1 fully saturated rings. The molecule has 112 valence electrons. The Hall–Kier alpha value is -1.02. The Bertz CT molecular complexity index is 381. The summed E-state index contributed by atoms with van der Waals surface area (Å²) in [6.45, 7) is 4.60. The molecule has 2 rings (SSSR count). The minimum atomic E-state index is 0.670. The van der Waals surface area contributed by atoms with E-state index < -0.39 is 0 Å². The summed E-state index contributed by atoms with van der Waals surface area (Å²) in [6.07, 6.45) is 7.92. The number of hydrogen-bond donors (Lipinski definition) is 1. The van der Waals surface area contributed by atoms with E-state index in [2.05, 4.69) is 43.4 Å². The fourth-order valence-corrected chi connectivity index (χ4v) is 3.09. The third-order valence-electron chi connectivity index (χ3n) is 4.49. The maximum Gasteiger partial charge on any atom is 0.118 e. The number of methoxy groups -OCH3 is 1. The zero-order valence-electron chi connectivity index (χ0n) is 13.2. The van der Waals surface area contributed by atoms with Crippen LogP contribution in [0.3, 0.4) is 0 Å². The van der Waals surface area contributed by atoms with Crippen LogP contribution in [0, 0.1) is 0 Å². The summed E-state index contributed by atoms with van der Waals surface area (Å²) in [5.41, 5.74) is 1.46. The van der Waals surface area contributed by atoms with Crippen molar-refractivity contribution in [3.8, 4) is 5.75 Å². The van der Waals surface area contributed by atoms with Gasteiger partial charge in [-0.25, -0.2) is 0 Å². The molecule has 1 aromatic carbocycles. The Morgan fingerprint density at radius 3 is 2.50 bits per heavy atom. The van der Waals surface area contributed by atoms with Crippen LogP contribution >= 0.6 is 0 Å². The molecule has 1 aromatic rings. The number of ether oxygens (including phenoxy) is 1. The Labute approximate surface area is 123 Å². The Balaban J connectivity index is 1.68. The van der Waals surface area contributed by atoms with E-state index in [0.29, 0.717) is 6.04 Å². The molecule has 0 spiro atoms. The molecule has 1 atom stereocenters. The molecule has 1 aliphatic rings. The molecule has 0 radical (unpaired) electrons. The molecule has 1 unspecified atom stereocenters. The molecular formula is C18H29NO. The normalized spacial score (nSPS) is 23.1. The highest BCUT2D eigenvalue weighted by atomic mass is 16.5. The second-order valence-electron chi connectivity index (χ2n) is 6.20. The van der Waals surface area contributed by atoms with Gasteiger partial charge < -0.3 is 10.1 Å². The van der Waals surface area contributed by atoms with Gasteiger partial charge in [0.2, 0.25) is 0 Å². The second-order valence-corrected chi connectivity index (χ2v) is 6.20. The highest BCUT2D eigenvalue weighted by Crippen LogP contribution is 2.37. The van der Waals surface area contributed by atoms with Crippen molar-refractivity contribution in [2.45, 2.75) is 70.4 Å². The molecule has 0 saturated heterocycles. The molecule has 1 aliphatic carbocycles. The van der Waals surface area contributed by atoms with Gasteiger partial charge in [-0.05, 0) is 49.8 Å². The quantitative estimate of drug-likeness (QED) is 0.705. The van der Waals surface area contributed by atoms with E-state index in [-0.39, 0.29) is 0 Å². The summed E-state index contributed by atoms with van der Waals surface area (Å²) in [5, 5.41) is 3.77. The van der Waals surface area contributed by atoms with Crippen molar-refractivity contribution < 1.29 is 4.74 Å². The van der Waals surface area contributed by atoms with E-state index in [1.165, 1.54) is 44.1 Å². The molecule has 2 heteroatoms. The molecule has 20 heavy (non-hydrogen) atoms. The third-order valence-corrected chi connectivity index (χ3v) is 4.49. The standard InChI is InChI=1S/C18H29NO/c1-4-5-6-7-14(2)19-17-12-16(13-17)15-8-10-18(20-3)11-9-15/h8-11,14,16-17,19H,4-7,12-13H2,1-3H3. The van der Waals surface area contributed by atoms with Gasteiger partial charge in [-0.3, -0.25) is 0 Å². The van der Waals surface area contributed by atoms with Gasteiger partial charge in [0.15, 0.2) is 0 Å². The van der Waals surface area contributed by atoms with Crippen molar-refractivity contribution in [1.82, 2.24) is 5.32 Å². The van der Waals surface area contributed by atoms with Crippen LogP contribution in [0.4, 0.5) is 0 Å². The van der Waals surface area contributed by atoms with Crippen LogP contribution in [0.15, 0.2) is 24.3 Å². The number of nitrogens with one attached hydrogen (secondary N) is 1. The highest BCUT2D eigenvalue weighted by Gasteiger charge is 2.30. The van der Waals surface area contributed by atoms with E-state index in [1.54, 1.807) is 7.11 Å². The van der Waals surface area contributed by atoms with Gasteiger partial charge in [-0.1, -0.05) is 38.3 Å². The lowest BCUT2D eigenvalue weighted by Gasteiger charge is -2.38. The molecule has 1 saturated carbocycles. The van der Waals surface area contributed by atoms with Crippen LogP contribution in [0.25, 0.3) is 0 Å². The van der Waals surface area contributed by atoms with Gasteiger partial charge >= 0.3 is 0 Å². The summed E-state index contributed by atoms with van der Waals surface area (Å²) in [5.74, 6) is 1.69. The lowest BCUT2D eigenvalue weighted by Crippen LogP contribution is -2.44. The first-order chi connectivity index (χ1) is 9.72. The van der Waals surface area contributed by atoms with E-state index >= 15 is 0 Å². The van der Waals surface area contributed by atoms with E-state index in [0.717, 1.165) is 17.7 Å². The monoisotopic (exact) mass is 275 g/mol. The van der Waals surface area contributed by atoms with Gasteiger partial charge in [-0.2, -0.15) is 0 Å². The van der Waals surface area contributed by atoms with Gasteiger partial charge in [0, 0.05) is 12.1 Å². The zero-order valence-corrected chi connectivity index (χ0v) is 13.2. The fourth-order valence-electron chi connectivity index (χ4n) is 3.09. The predicted octanol–water partition coefficient (Wildman–Crippen LogP) is 4.50. The van der Waals surface area contributed by atoms with Crippen molar-refractivity contribution in [3.63, 3.8) is 0 Å².